The van der Waals surface area contributed by atoms with Crippen LogP contribution >= 0.6 is 11.8 Å². The van der Waals surface area contributed by atoms with Gasteiger partial charge in [0.2, 0.25) is 0 Å². The molecule has 3 aromatic carbocycles. The highest BCUT2D eigenvalue weighted by Gasteiger charge is 2.31. The Hall–Kier alpha value is -3.78. The molecule has 0 saturated carbocycles. The van der Waals surface area contributed by atoms with Gasteiger partial charge in [-0.15, -0.1) is 11.8 Å². The Morgan fingerprint density at radius 3 is 2.38 bits per heavy atom. The van der Waals surface area contributed by atoms with E-state index >= 15 is 0 Å². The lowest BCUT2D eigenvalue weighted by Gasteiger charge is -2.16. The molecule has 34 heavy (non-hydrogen) atoms. The van der Waals surface area contributed by atoms with E-state index in [1.54, 1.807) is 42.5 Å². The first-order valence-electron chi connectivity index (χ1n) is 10.7. The number of para-hydroxylation sites is 2. The Labute approximate surface area is 201 Å². The van der Waals surface area contributed by atoms with Crippen molar-refractivity contribution in [2.45, 2.75) is 29.6 Å². The lowest BCUT2D eigenvalue weighted by atomic mass is 10.1. The van der Waals surface area contributed by atoms with Crippen LogP contribution in [-0.2, 0) is 20.7 Å². The summed E-state index contributed by atoms with van der Waals surface area (Å²) in [5.74, 6) is -0.602. The van der Waals surface area contributed by atoms with Crippen LogP contribution in [0, 0.1) is 0 Å². The summed E-state index contributed by atoms with van der Waals surface area (Å²) < 4.78 is 10.6. The number of carbonyl (C=O) groups is 3. The molecule has 174 valence electrons. The van der Waals surface area contributed by atoms with Crippen LogP contribution in [0.25, 0.3) is 0 Å². The molecule has 0 bridgehead atoms. The standard InChI is InChI=1S/C26H24N2O5S/c1-16(33-26(31)23-15-18-7-3-6-10-22(18)34-23)24(29)27-19-13-11-17(12-14-19)25(30)28-20-8-4-5-9-21(20)32-2/h3-14,16,23H,15H2,1-2H3,(H,27,29)(H,28,30)/t16-,23+/m1/s1. The molecule has 4 rings (SSSR count). The van der Waals surface area contributed by atoms with Crippen LogP contribution in [0.2, 0.25) is 0 Å². The first kappa shape index (κ1) is 23.4. The van der Waals surface area contributed by atoms with Crippen LogP contribution in [-0.4, -0.2) is 36.2 Å². The second kappa shape index (κ2) is 10.4. The van der Waals surface area contributed by atoms with Crippen molar-refractivity contribution in [3.63, 3.8) is 0 Å². The zero-order valence-corrected chi connectivity index (χ0v) is 19.6. The molecule has 0 unspecified atom stereocenters. The Bertz CT molecular complexity index is 1190. The summed E-state index contributed by atoms with van der Waals surface area (Å²) in [4.78, 5) is 38.6. The van der Waals surface area contributed by atoms with E-state index in [2.05, 4.69) is 10.6 Å². The minimum Gasteiger partial charge on any atom is -0.495 e. The highest BCUT2D eigenvalue weighted by Crippen LogP contribution is 2.37. The normalized spacial score (nSPS) is 15.1. The summed E-state index contributed by atoms with van der Waals surface area (Å²) in [7, 11) is 1.53. The van der Waals surface area contributed by atoms with E-state index in [0.29, 0.717) is 29.1 Å². The Balaban J connectivity index is 1.30. The van der Waals surface area contributed by atoms with Gasteiger partial charge in [0.25, 0.3) is 11.8 Å². The van der Waals surface area contributed by atoms with Crippen molar-refractivity contribution < 1.29 is 23.9 Å². The molecule has 1 aliphatic rings. The fourth-order valence-corrected chi connectivity index (χ4v) is 4.69. The first-order valence-corrected chi connectivity index (χ1v) is 11.6. The molecule has 3 aromatic rings. The minimum absolute atomic E-state index is 0.306. The van der Waals surface area contributed by atoms with E-state index in [9.17, 15) is 14.4 Å². The van der Waals surface area contributed by atoms with E-state index in [1.165, 1.54) is 25.8 Å². The third-order valence-corrected chi connectivity index (χ3v) is 6.64. The third kappa shape index (κ3) is 5.40. The number of esters is 1. The lowest BCUT2D eigenvalue weighted by Crippen LogP contribution is -2.33. The van der Waals surface area contributed by atoms with E-state index in [-0.39, 0.29) is 11.2 Å². The minimum atomic E-state index is -0.953. The van der Waals surface area contributed by atoms with Gasteiger partial charge in [-0.1, -0.05) is 30.3 Å². The number of rotatable bonds is 7. The summed E-state index contributed by atoms with van der Waals surface area (Å²) in [5, 5.41) is 5.16. The Morgan fingerprint density at radius 2 is 1.65 bits per heavy atom. The van der Waals surface area contributed by atoms with Crippen LogP contribution in [0.5, 0.6) is 5.75 Å². The Kier molecular flexibility index (Phi) is 7.18. The van der Waals surface area contributed by atoms with Gasteiger partial charge >= 0.3 is 5.97 Å². The Morgan fingerprint density at radius 1 is 0.941 bits per heavy atom. The molecule has 0 spiro atoms. The topological polar surface area (TPSA) is 93.7 Å². The van der Waals surface area contributed by atoms with Crippen LogP contribution in [0.15, 0.2) is 77.7 Å². The van der Waals surface area contributed by atoms with Gasteiger partial charge in [0.05, 0.1) is 12.8 Å². The fourth-order valence-electron chi connectivity index (χ4n) is 3.51. The molecule has 1 heterocycles. The molecule has 0 saturated heterocycles. The van der Waals surface area contributed by atoms with Crippen molar-refractivity contribution in [3.05, 3.63) is 83.9 Å². The fraction of sp³-hybridized carbons (Fsp3) is 0.192. The monoisotopic (exact) mass is 476 g/mol. The predicted molar refractivity (Wildman–Crippen MR) is 131 cm³/mol. The summed E-state index contributed by atoms with van der Waals surface area (Å²) >= 11 is 1.46. The number of benzene rings is 3. The van der Waals surface area contributed by atoms with Gasteiger partial charge in [0.15, 0.2) is 6.10 Å². The summed E-state index contributed by atoms with van der Waals surface area (Å²) in [6.07, 6.45) is -0.364. The molecular formula is C26H24N2O5S. The second-order valence-corrected chi connectivity index (χ2v) is 8.96. The molecule has 2 atom stereocenters. The lowest BCUT2D eigenvalue weighted by molar-refractivity contribution is -0.152. The molecule has 2 amide bonds. The van der Waals surface area contributed by atoms with E-state index in [1.807, 2.05) is 30.3 Å². The molecule has 2 N–H and O–H groups in total. The maximum absolute atomic E-state index is 12.5. The molecule has 0 aliphatic carbocycles. The number of carbonyl (C=O) groups excluding carboxylic acids is 3. The van der Waals surface area contributed by atoms with Crippen molar-refractivity contribution in [3.8, 4) is 5.75 Å². The zero-order chi connectivity index (χ0) is 24.1. The largest absolute Gasteiger partial charge is 0.495 e. The van der Waals surface area contributed by atoms with E-state index < -0.39 is 18.0 Å². The van der Waals surface area contributed by atoms with Crippen LogP contribution < -0.4 is 15.4 Å². The number of methoxy groups -OCH3 is 1. The molecule has 0 radical (unpaired) electrons. The van der Waals surface area contributed by atoms with Crippen LogP contribution in [0.1, 0.15) is 22.8 Å². The highest BCUT2D eigenvalue weighted by atomic mass is 32.2. The summed E-state index contributed by atoms with van der Waals surface area (Å²) in [6, 6.07) is 21.4. The number of amides is 2. The van der Waals surface area contributed by atoms with E-state index in [4.69, 9.17) is 9.47 Å². The highest BCUT2D eigenvalue weighted by molar-refractivity contribution is 8.01. The molecular weight excluding hydrogens is 452 g/mol. The smallest absolute Gasteiger partial charge is 0.320 e. The molecule has 1 aliphatic heterocycles. The van der Waals surface area contributed by atoms with Gasteiger partial charge in [-0.2, -0.15) is 0 Å². The third-order valence-electron chi connectivity index (χ3n) is 5.34. The molecule has 8 heteroatoms. The number of hydrogen-bond donors (Lipinski definition) is 2. The summed E-state index contributed by atoms with van der Waals surface area (Å²) in [5.41, 5.74) is 2.58. The quantitative estimate of drug-likeness (QED) is 0.487. The first-order chi connectivity index (χ1) is 16.4. The maximum Gasteiger partial charge on any atom is 0.320 e. The average Bonchev–Trinajstić information content (AvgIpc) is 3.29. The zero-order valence-electron chi connectivity index (χ0n) is 18.7. The molecule has 7 nitrogen and oxygen atoms in total. The van der Waals surface area contributed by atoms with Crippen molar-refractivity contribution in [1.82, 2.24) is 0 Å². The summed E-state index contributed by atoms with van der Waals surface area (Å²) in [6.45, 7) is 1.54. The van der Waals surface area contributed by atoms with Gasteiger partial charge in [-0.3, -0.25) is 14.4 Å². The number of ether oxygens (including phenoxy) is 2. The van der Waals surface area contributed by atoms with E-state index in [0.717, 1.165) is 10.5 Å². The van der Waals surface area contributed by atoms with Gasteiger partial charge < -0.3 is 20.1 Å². The van der Waals surface area contributed by atoms with Crippen molar-refractivity contribution in [2.24, 2.45) is 0 Å². The van der Waals surface area contributed by atoms with Gasteiger partial charge in [-0.05, 0) is 61.4 Å². The molecule has 0 fully saturated rings. The van der Waals surface area contributed by atoms with Crippen molar-refractivity contribution >= 4 is 40.9 Å². The second-order valence-electron chi connectivity index (χ2n) is 7.72. The number of fused-ring (bicyclic) bond motifs is 1. The van der Waals surface area contributed by atoms with Gasteiger partial charge in [0, 0.05) is 16.1 Å². The van der Waals surface area contributed by atoms with Crippen LogP contribution in [0.3, 0.4) is 0 Å². The number of thioether (sulfide) groups is 1. The van der Waals surface area contributed by atoms with Crippen LogP contribution in [0.4, 0.5) is 11.4 Å². The maximum atomic E-state index is 12.5. The van der Waals surface area contributed by atoms with Gasteiger partial charge in [-0.25, -0.2) is 0 Å². The SMILES string of the molecule is COc1ccccc1NC(=O)c1ccc(NC(=O)[C@@H](C)OC(=O)[C@@H]2Cc3ccccc3S2)cc1. The van der Waals surface area contributed by atoms with Crippen molar-refractivity contribution in [2.75, 3.05) is 17.7 Å². The number of nitrogens with one attached hydrogen (secondary N) is 2. The van der Waals surface area contributed by atoms with Gasteiger partial charge in [0.1, 0.15) is 11.0 Å². The number of hydrogen-bond acceptors (Lipinski definition) is 6. The van der Waals surface area contributed by atoms with Crippen molar-refractivity contribution in [1.29, 1.82) is 0 Å². The average molecular weight is 477 g/mol. The predicted octanol–water partition coefficient (Wildman–Crippen LogP) is 4.53. The molecule has 0 aromatic heterocycles. The number of anilines is 2.